The van der Waals surface area contributed by atoms with E-state index in [4.69, 9.17) is 23.2 Å². The van der Waals surface area contributed by atoms with Crippen molar-refractivity contribution < 1.29 is 0 Å². The van der Waals surface area contributed by atoms with E-state index in [2.05, 4.69) is 5.32 Å². The first-order valence-corrected chi connectivity index (χ1v) is 6.15. The summed E-state index contributed by atoms with van der Waals surface area (Å²) in [6, 6.07) is 5.68. The predicted molar refractivity (Wildman–Crippen MR) is 65.5 cm³/mol. The maximum atomic E-state index is 5.92. The minimum atomic E-state index is 0.711. The highest BCUT2D eigenvalue weighted by atomic mass is 35.5. The van der Waals surface area contributed by atoms with Crippen LogP contribution in [0.3, 0.4) is 0 Å². The van der Waals surface area contributed by atoms with E-state index in [0.29, 0.717) is 10.0 Å². The quantitative estimate of drug-likeness (QED) is 0.847. The van der Waals surface area contributed by atoms with E-state index >= 15 is 0 Å². The Bertz CT molecular complexity index is 314. The number of nitrogens with one attached hydrogen (secondary N) is 1. The molecule has 0 aromatic heterocycles. The van der Waals surface area contributed by atoms with Crippen LogP contribution in [0.1, 0.15) is 24.8 Å². The van der Waals surface area contributed by atoms with E-state index in [1.165, 1.54) is 19.3 Å². The molecule has 1 saturated carbocycles. The van der Waals surface area contributed by atoms with Crippen molar-refractivity contribution in [3.63, 3.8) is 0 Å². The van der Waals surface area contributed by atoms with Crippen LogP contribution in [0.4, 0.5) is 0 Å². The molecule has 82 valence electrons. The number of hydrogen-bond acceptors (Lipinski definition) is 1. The molecule has 1 aromatic carbocycles. The summed E-state index contributed by atoms with van der Waals surface area (Å²) < 4.78 is 0. The van der Waals surface area contributed by atoms with Crippen molar-refractivity contribution in [1.82, 2.24) is 5.32 Å². The van der Waals surface area contributed by atoms with Crippen LogP contribution >= 0.6 is 23.2 Å². The van der Waals surface area contributed by atoms with E-state index in [1.807, 2.05) is 12.1 Å². The summed E-state index contributed by atoms with van der Waals surface area (Å²) in [5, 5.41) is 4.86. The van der Waals surface area contributed by atoms with Crippen molar-refractivity contribution in [2.45, 2.75) is 25.8 Å². The Morgan fingerprint density at radius 1 is 1.13 bits per heavy atom. The van der Waals surface area contributed by atoms with Gasteiger partial charge in [-0.3, -0.25) is 0 Å². The average Bonchev–Trinajstić information content (AvgIpc) is 2.07. The second-order valence-corrected chi connectivity index (χ2v) is 5.08. The zero-order valence-corrected chi connectivity index (χ0v) is 10.1. The summed E-state index contributed by atoms with van der Waals surface area (Å²) >= 11 is 11.8. The molecule has 1 nitrogen and oxygen atoms in total. The van der Waals surface area contributed by atoms with E-state index in [1.54, 1.807) is 6.07 Å². The zero-order valence-electron chi connectivity index (χ0n) is 8.60. The first-order valence-electron chi connectivity index (χ1n) is 5.40. The third-order valence-electron chi connectivity index (χ3n) is 2.91. The molecule has 0 aliphatic heterocycles. The first kappa shape index (κ1) is 11.3. The molecule has 0 amide bonds. The summed E-state index contributed by atoms with van der Waals surface area (Å²) in [6.07, 6.45) is 4.15. The molecule has 0 heterocycles. The fraction of sp³-hybridized carbons (Fsp3) is 0.500. The summed E-state index contributed by atoms with van der Waals surface area (Å²) in [6.45, 7) is 1.97. The number of rotatable bonds is 4. The summed E-state index contributed by atoms with van der Waals surface area (Å²) in [5.74, 6) is 0.889. The molecular formula is C12H15Cl2N. The standard InChI is InChI=1S/C12H15Cl2N/c13-11-4-10(5-12(14)6-11)8-15-7-9-2-1-3-9/h4-6,9,15H,1-3,7-8H2. The molecule has 0 radical (unpaired) electrons. The van der Waals surface area contributed by atoms with Gasteiger partial charge in [0.2, 0.25) is 0 Å². The van der Waals surface area contributed by atoms with Gasteiger partial charge >= 0.3 is 0 Å². The van der Waals surface area contributed by atoms with E-state index in [9.17, 15) is 0 Å². The van der Waals surface area contributed by atoms with E-state index < -0.39 is 0 Å². The second kappa shape index (κ2) is 5.20. The third-order valence-corrected chi connectivity index (χ3v) is 3.35. The molecule has 1 aliphatic rings. The maximum Gasteiger partial charge on any atom is 0.0424 e. The normalized spacial score (nSPS) is 16.4. The fourth-order valence-electron chi connectivity index (χ4n) is 1.83. The average molecular weight is 244 g/mol. The predicted octanol–water partition coefficient (Wildman–Crippen LogP) is 3.88. The van der Waals surface area contributed by atoms with Crippen molar-refractivity contribution in [3.05, 3.63) is 33.8 Å². The van der Waals surface area contributed by atoms with Crippen LogP contribution < -0.4 is 5.32 Å². The number of benzene rings is 1. The van der Waals surface area contributed by atoms with Gasteiger partial charge in [-0.2, -0.15) is 0 Å². The highest BCUT2D eigenvalue weighted by molar-refractivity contribution is 6.34. The number of halogens is 2. The lowest BCUT2D eigenvalue weighted by Crippen LogP contribution is -2.26. The van der Waals surface area contributed by atoms with Crippen LogP contribution in [0.25, 0.3) is 0 Å². The fourth-order valence-corrected chi connectivity index (χ4v) is 2.40. The monoisotopic (exact) mass is 243 g/mol. The van der Waals surface area contributed by atoms with Crippen LogP contribution in [-0.4, -0.2) is 6.54 Å². The zero-order chi connectivity index (χ0) is 10.7. The molecule has 0 saturated heterocycles. The van der Waals surface area contributed by atoms with Crippen molar-refractivity contribution in [1.29, 1.82) is 0 Å². The lowest BCUT2D eigenvalue weighted by atomic mass is 9.85. The molecule has 0 atom stereocenters. The van der Waals surface area contributed by atoms with E-state index in [-0.39, 0.29) is 0 Å². The third kappa shape index (κ3) is 3.37. The number of hydrogen-bond donors (Lipinski definition) is 1. The van der Waals surface area contributed by atoms with Gasteiger partial charge in [-0.1, -0.05) is 29.6 Å². The van der Waals surface area contributed by atoms with Crippen LogP contribution in [0.5, 0.6) is 0 Å². The largest absolute Gasteiger partial charge is 0.312 e. The van der Waals surface area contributed by atoms with Crippen LogP contribution in [0.15, 0.2) is 18.2 Å². The lowest BCUT2D eigenvalue weighted by molar-refractivity contribution is 0.301. The maximum absolute atomic E-state index is 5.92. The summed E-state index contributed by atoms with van der Waals surface area (Å²) in [4.78, 5) is 0. The smallest absolute Gasteiger partial charge is 0.0424 e. The van der Waals surface area contributed by atoms with Gasteiger partial charge in [0.05, 0.1) is 0 Å². The van der Waals surface area contributed by atoms with Crippen molar-refractivity contribution >= 4 is 23.2 Å². The van der Waals surface area contributed by atoms with Crippen molar-refractivity contribution in [2.75, 3.05) is 6.54 Å². The molecular weight excluding hydrogens is 229 g/mol. The highest BCUT2D eigenvalue weighted by Gasteiger charge is 2.16. The molecule has 1 aliphatic carbocycles. The van der Waals surface area contributed by atoms with Gasteiger partial charge in [-0.25, -0.2) is 0 Å². The Balaban J connectivity index is 1.81. The van der Waals surface area contributed by atoms with Crippen LogP contribution in [0.2, 0.25) is 10.0 Å². The van der Waals surface area contributed by atoms with Gasteiger partial charge in [0.25, 0.3) is 0 Å². The van der Waals surface area contributed by atoms with Gasteiger partial charge in [0.1, 0.15) is 0 Å². The Morgan fingerprint density at radius 2 is 1.80 bits per heavy atom. The Kier molecular flexibility index (Phi) is 3.90. The molecule has 0 spiro atoms. The highest BCUT2D eigenvalue weighted by Crippen LogP contribution is 2.25. The molecule has 15 heavy (non-hydrogen) atoms. The molecule has 1 N–H and O–H groups in total. The summed E-state index contributed by atoms with van der Waals surface area (Å²) in [5.41, 5.74) is 1.16. The second-order valence-electron chi connectivity index (χ2n) is 4.21. The Hall–Kier alpha value is -0.240. The molecule has 2 rings (SSSR count). The summed E-state index contributed by atoms with van der Waals surface area (Å²) in [7, 11) is 0. The van der Waals surface area contributed by atoms with Gasteiger partial charge < -0.3 is 5.32 Å². The van der Waals surface area contributed by atoms with Crippen molar-refractivity contribution in [2.24, 2.45) is 5.92 Å². The molecule has 0 bridgehead atoms. The molecule has 1 aromatic rings. The lowest BCUT2D eigenvalue weighted by Gasteiger charge is -2.25. The SMILES string of the molecule is Clc1cc(Cl)cc(CNCC2CCC2)c1. The Labute approximate surface area is 101 Å². The molecule has 3 heteroatoms. The minimum absolute atomic E-state index is 0.711. The van der Waals surface area contributed by atoms with E-state index in [0.717, 1.165) is 24.6 Å². The van der Waals surface area contributed by atoms with Gasteiger partial charge in [0.15, 0.2) is 0 Å². The topological polar surface area (TPSA) is 12.0 Å². The van der Waals surface area contributed by atoms with Crippen molar-refractivity contribution in [3.8, 4) is 0 Å². The van der Waals surface area contributed by atoms with Gasteiger partial charge in [0, 0.05) is 16.6 Å². The van der Waals surface area contributed by atoms with Crippen LogP contribution in [-0.2, 0) is 6.54 Å². The first-order chi connectivity index (χ1) is 7.24. The molecule has 1 fully saturated rings. The van der Waals surface area contributed by atoms with Crippen LogP contribution in [0, 0.1) is 5.92 Å². The molecule has 0 unspecified atom stereocenters. The van der Waals surface area contributed by atoms with Gasteiger partial charge in [-0.05, 0) is 49.1 Å². The minimum Gasteiger partial charge on any atom is -0.312 e. The van der Waals surface area contributed by atoms with Gasteiger partial charge in [-0.15, -0.1) is 0 Å². The Morgan fingerprint density at radius 3 is 2.33 bits per heavy atom.